The summed E-state index contributed by atoms with van der Waals surface area (Å²) < 4.78 is 0. The van der Waals surface area contributed by atoms with Gasteiger partial charge in [-0.3, -0.25) is 0 Å². The fraction of sp³-hybridized carbons (Fsp3) is 0.417. The average Bonchev–Trinajstić information content (AvgIpc) is 2.28. The van der Waals surface area contributed by atoms with Crippen LogP contribution in [0.4, 0.5) is 0 Å². The minimum atomic E-state index is -0.879. The highest BCUT2D eigenvalue weighted by molar-refractivity contribution is 5.87. The minimum Gasteiger partial charge on any atom is -0.478 e. The van der Waals surface area contributed by atoms with Gasteiger partial charge in [0.15, 0.2) is 0 Å². The summed E-state index contributed by atoms with van der Waals surface area (Å²) in [5.41, 5.74) is 0.331. The van der Waals surface area contributed by atoms with E-state index in [0.717, 1.165) is 0 Å². The summed E-state index contributed by atoms with van der Waals surface area (Å²) in [6.45, 7) is 1.90. The zero-order chi connectivity index (χ0) is 12.4. The second-order valence-electron chi connectivity index (χ2n) is 3.39. The first-order valence-corrected chi connectivity index (χ1v) is 5.15. The van der Waals surface area contributed by atoms with Crippen molar-refractivity contribution >= 4 is 5.97 Å². The van der Waals surface area contributed by atoms with Crippen LogP contribution < -0.4 is 0 Å². The Kier molecular flexibility index (Phi) is 8.11. The van der Waals surface area contributed by atoms with Crippen molar-refractivity contribution in [2.24, 2.45) is 0 Å². The molecule has 0 saturated heterocycles. The van der Waals surface area contributed by atoms with Crippen molar-refractivity contribution < 1.29 is 20.1 Å². The molecule has 1 aromatic rings. The van der Waals surface area contributed by atoms with Crippen LogP contribution in [0.15, 0.2) is 30.3 Å². The molecule has 0 aliphatic rings. The molecule has 0 radical (unpaired) electrons. The van der Waals surface area contributed by atoms with E-state index >= 15 is 0 Å². The number of aliphatic hydroxyl groups excluding tert-OH is 2. The summed E-state index contributed by atoms with van der Waals surface area (Å²) in [5.74, 6) is -0.879. The summed E-state index contributed by atoms with van der Waals surface area (Å²) in [5, 5.41) is 25.2. The van der Waals surface area contributed by atoms with E-state index in [4.69, 9.17) is 15.3 Å². The van der Waals surface area contributed by atoms with Gasteiger partial charge in [-0.2, -0.15) is 0 Å². The second-order valence-corrected chi connectivity index (χ2v) is 3.39. The highest BCUT2D eigenvalue weighted by Crippen LogP contribution is 1.96. The van der Waals surface area contributed by atoms with E-state index in [9.17, 15) is 4.79 Å². The van der Waals surface area contributed by atoms with Crippen LogP contribution in [-0.2, 0) is 0 Å². The summed E-state index contributed by atoms with van der Waals surface area (Å²) in [6, 6.07) is 8.30. The molecule has 0 heterocycles. The number of carbonyl (C=O) groups is 1. The molecule has 4 heteroatoms. The lowest BCUT2D eigenvalue weighted by molar-refractivity contribution is 0.0697. The summed E-state index contributed by atoms with van der Waals surface area (Å²) in [6.07, 6.45) is 1.15. The fourth-order valence-electron chi connectivity index (χ4n) is 0.967. The smallest absolute Gasteiger partial charge is 0.335 e. The quantitative estimate of drug-likeness (QED) is 0.727. The van der Waals surface area contributed by atoms with E-state index in [1.807, 2.05) is 0 Å². The van der Waals surface area contributed by atoms with Gasteiger partial charge in [0, 0.05) is 6.61 Å². The second kappa shape index (κ2) is 8.88. The number of aromatic carboxylic acids is 1. The molecule has 0 aromatic heterocycles. The first kappa shape index (κ1) is 14.6. The third kappa shape index (κ3) is 7.96. The largest absolute Gasteiger partial charge is 0.478 e. The van der Waals surface area contributed by atoms with Crippen molar-refractivity contribution in [2.75, 3.05) is 6.61 Å². The van der Waals surface area contributed by atoms with Crippen molar-refractivity contribution in [3.63, 3.8) is 0 Å². The maximum atomic E-state index is 10.2. The van der Waals surface area contributed by atoms with Crippen molar-refractivity contribution in [1.82, 2.24) is 0 Å². The molecule has 0 aliphatic carbocycles. The van der Waals surface area contributed by atoms with Crippen LogP contribution in [0.2, 0.25) is 0 Å². The molecule has 0 aliphatic heterocycles. The van der Waals surface area contributed by atoms with Gasteiger partial charge in [0.25, 0.3) is 0 Å². The van der Waals surface area contributed by atoms with Crippen molar-refractivity contribution in [1.29, 1.82) is 0 Å². The van der Waals surface area contributed by atoms with Crippen LogP contribution in [0.3, 0.4) is 0 Å². The number of benzene rings is 1. The Morgan fingerprint density at radius 2 is 1.88 bits per heavy atom. The Labute approximate surface area is 95.2 Å². The SMILES string of the molecule is CC(O)CCCO.O=C(O)c1ccccc1. The first-order chi connectivity index (χ1) is 7.57. The Bertz CT molecular complexity index is 282. The van der Waals surface area contributed by atoms with E-state index in [2.05, 4.69) is 0 Å². The maximum Gasteiger partial charge on any atom is 0.335 e. The molecule has 16 heavy (non-hydrogen) atoms. The molecular weight excluding hydrogens is 208 g/mol. The molecular formula is C12H18O4. The molecule has 1 rings (SSSR count). The predicted octanol–water partition coefficient (Wildman–Crippen LogP) is 1.52. The molecule has 0 amide bonds. The van der Waals surface area contributed by atoms with E-state index in [0.29, 0.717) is 18.4 Å². The minimum absolute atomic E-state index is 0.185. The molecule has 0 saturated carbocycles. The van der Waals surface area contributed by atoms with Crippen molar-refractivity contribution in [2.45, 2.75) is 25.9 Å². The monoisotopic (exact) mass is 226 g/mol. The zero-order valence-electron chi connectivity index (χ0n) is 9.34. The Morgan fingerprint density at radius 1 is 1.31 bits per heavy atom. The van der Waals surface area contributed by atoms with Crippen LogP contribution in [0.25, 0.3) is 0 Å². The molecule has 0 spiro atoms. The molecule has 3 N–H and O–H groups in total. The van der Waals surface area contributed by atoms with E-state index in [1.165, 1.54) is 0 Å². The molecule has 4 nitrogen and oxygen atoms in total. The van der Waals surface area contributed by atoms with Crippen LogP contribution >= 0.6 is 0 Å². The molecule has 1 aromatic carbocycles. The lowest BCUT2D eigenvalue weighted by Gasteiger charge is -1.98. The van der Waals surface area contributed by atoms with E-state index in [1.54, 1.807) is 37.3 Å². The van der Waals surface area contributed by atoms with Crippen molar-refractivity contribution in [3.05, 3.63) is 35.9 Å². The molecule has 1 unspecified atom stereocenters. The summed E-state index contributed by atoms with van der Waals surface area (Å²) >= 11 is 0. The molecule has 0 bridgehead atoms. The number of hydrogen-bond acceptors (Lipinski definition) is 3. The normalized spacial score (nSPS) is 11.2. The van der Waals surface area contributed by atoms with E-state index in [-0.39, 0.29) is 12.7 Å². The number of hydrogen-bond donors (Lipinski definition) is 3. The van der Waals surface area contributed by atoms with Crippen LogP contribution in [0.1, 0.15) is 30.1 Å². The lowest BCUT2D eigenvalue weighted by atomic mass is 10.2. The lowest BCUT2D eigenvalue weighted by Crippen LogP contribution is -1.99. The molecule has 90 valence electrons. The Balaban J connectivity index is 0.000000293. The number of aliphatic hydroxyl groups is 2. The number of rotatable bonds is 4. The predicted molar refractivity (Wildman–Crippen MR) is 61.4 cm³/mol. The summed E-state index contributed by atoms with van der Waals surface area (Å²) in [4.78, 5) is 10.2. The van der Waals surface area contributed by atoms with Gasteiger partial charge in [-0.1, -0.05) is 18.2 Å². The number of carboxylic acid groups (broad SMARTS) is 1. The molecule has 0 fully saturated rings. The third-order valence-corrected chi connectivity index (χ3v) is 1.80. The molecule has 1 atom stereocenters. The topological polar surface area (TPSA) is 77.8 Å². The highest BCUT2D eigenvalue weighted by atomic mass is 16.4. The van der Waals surface area contributed by atoms with Gasteiger partial charge in [0.1, 0.15) is 0 Å². The van der Waals surface area contributed by atoms with Crippen LogP contribution in [-0.4, -0.2) is 34.0 Å². The third-order valence-electron chi connectivity index (χ3n) is 1.80. The summed E-state index contributed by atoms with van der Waals surface area (Å²) in [7, 11) is 0. The number of carboxylic acids is 1. The fourth-order valence-corrected chi connectivity index (χ4v) is 0.967. The van der Waals surface area contributed by atoms with E-state index < -0.39 is 5.97 Å². The van der Waals surface area contributed by atoms with Gasteiger partial charge in [-0.05, 0) is 31.9 Å². The van der Waals surface area contributed by atoms with Gasteiger partial charge in [0.05, 0.1) is 11.7 Å². The first-order valence-electron chi connectivity index (χ1n) is 5.15. The maximum absolute atomic E-state index is 10.2. The van der Waals surface area contributed by atoms with Gasteiger partial charge in [-0.15, -0.1) is 0 Å². The van der Waals surface area contributed by atoms with Gasteiger partial charge < -0.3 is 15.3 Å². The standard InChI is InChI=1S/C7H6O2.C5H12O2/c8-7(9)6-4-2-1-3-5-6;1-5(7)3-2-4-6/h1-5H,(H,8,9);5-7H,2-4H2,1H3. The Hall–Kier alpha value is -1.39. The zero-order valence-corrected chi connectivity index (χ0v) is 9.34. The highest BCUT2D eigenvalue weighted by Gasteiger charge is 1.96. The van der Waals surface area contributed by atoms with Crippen LogP contribution in [0.5, 0.6) is 0 Å². The van der Waals surface area contributed by atoms with Gasteiger partial charge in [0.2, 0.25) is 0 Å². The van der Waals surface area contributed by atoms with Crippen molar-refractivity contribution in [3.8, 4) is 0 Å². The average molecular weight is 226 g/mol. The van der Waals surface area contributed by atoms with Gasteiger partial charge >= 0.3 is 5.97 Å². The van der Waals surface area contributed by atoms with Crippen LogP contribution in [0, 0.1) is 0 Å². The Morgan fingerprint density at radius 3 is 2.12 bits per heavy atom. The van der Waals surface area contributed by atoms with Gasteiger partial charge in [-0.25, -0.2) is 4.79 Å².